The molecule has 0 aromatic heterocycles. The topological polar surface area (TPSA) is 17.1 Å². The molecule has 2 aromatic rings. The smallest absolute Gasteiger partial charge is 0.174 e. The van der Waals surface area contributed by atoms with E-state index in [1.165, 1.54) is 0 Å². The van der Waals surface area contributed by atoms with Crippen LogP contribution in [0.1, 0.15) is 10.4 Å². The molecule has 1 nitrogen and oxygen atoms in total. The lowest BCUT2D eigenvalue weighted by molar-refractivity contribution is 0.0967. The predicted molar refractivity (Wildman–Crippen MR) is 70.0 cm³/mol. The molecular formula is C16H12O. The number of ketones is 1. The maximum atomic E-state index is 12.4. The summed E-state index contributed by atoms with van der Waals surface area (Å²) < 4.78 is 0. The largest absolute Gasteiger partial charge is 0.293 e. The highest BCUT2D eigenvalue weighted by Crippen LogP contribution is 2.23. The predicted octanol–water partition coefficient (Wildman–Crippen LogP) is 3.76. The van der Waals surface area contributed by atoms with Crippen molar-refractivity contribution in [3.05, 3.63) is 72.3 Å². The molecule has 1 heteroatoms. The standard InChI is InChI=1S/C16H12O/c17-16(13-7-1-2-8-13)15-11-5-9-12-6-3-4-10-14(12)15/h1-11,13H. The fourth-order valence-electron chi connectivity index (χ4n) is 2.23. The molecule has 1 aliphatic carbocycles. The minimum atomic E-state index is -0.0965. The highest BCUT2D eigenvalue weighted by Gasteiger charge is 2.17. The van der Waals surface area contributed by atoms with Gasteiger partial charge in [0, 0.05) is 5.56 Å². The van der Waals surface area contributed by atoms with Gasteiger partial charge in [-0.3, -0.25) is 4.79 Å². The van der Waals surface area contributed by atoms with E-state index < -0.39 is 0 Å². The van der Waals surface area contributed by atoms with E-state index in [0.29, 0.717) is 0 Å². The minimum absolute atomic E-state index is 0.0965. The van der Waals surface area contributed by atoms with Crippen LogP contribution in [0, 0.1) is 5.92 Å². The fraction of sp³-hybridized carbons (Fsp3) is 0.0625. The van der Waals surface area contributed by atoms with Crippen molar-refractivity contribution < 1.29 is 4.79 Å². The number of fused-ring (bicyclic) bond motifs is 1. The second-order valence-corrected chi connectivity index (χ2v) is 4.19. The van der Waals surface area contributed by atoms with E-state index in [1.54, 1.807) is 0 Å². The Bertz CT molecular complexity index is 618. The first-order valence-corrected chi connectivity index (χ1v) is 5.73. The number of rotatable bonds is 2. The number of allylic oxidation sites excluding steroid dienone is 4. The van der Waals surface area contributed by atoms with Crippen LogP contribution in [0.3, 0.4) is 0 Å². The monoisotopic (exact) mass is 220 g/mol. The zero-order valence-corrected chi connectivity index (χ0v) is 9.34. The van der Waals surface area contributed by atoms with Crippen molar-refractivity contribution in [2.24, 2.45) is 5.92 Å². The van der Waals surface area contributed by atoms with Gasteiger partial charge in [0.2, 0.25) is 0 Å². The van der Waals surface area contributed by atoms with Gasteiger partial charge in [0.1, 0.15) is 0 Å². The van der Waals surface area contributed by atoms with Gasteiger partial charge >= 0.3 is 0 Å². The summed E-state index contributed by atoms with van der Waals surface area (Å²) in [7, 11) is 0. The first-order chi connectivity index (χ1) is 8.36. The van der Waals surface area contributed by atoms with Crippen molar-refractivity contribution in [2.75, 3.05) is 0 Å². The van der Waals surface area contributed by atoms with E-state index in [-0.39, 0.29) is 11.7 Å². The number of hydrogen-bond acceptors (Lipinski definition) is 1. The van der Waals surface area contributed by atoms with Crippen molar-refractivity contribution in [3.63, 3.8) is 0 Å². The normalized spacial score (nSPS) is 14.6. The molecule has 3 rings (SSSR count). The second-order valence-electron chi connectivity index (χ2n) is 4.19. The van der Waals surface area contributed by atoms with Crippen molar-refractivity contribution in [3.8, 4) is 0 Å². The summed E-state index contributed by atoms with van der Waals surface area (Å²) in [4.78, 5) is 12.4. The van der Waals surface area contributed by atoms with Crippen molar-refractivity contribution in [2.45, 2.75) is 0 Å². The first kappa shape index (κ1) is 10.0. The van der Waals surface area contributed by atoms with Crippen LogP contribution in [0.15, 0.2) is 66.8 Å². The number of hydrogen-bond donors (Lipinski definition) is 0. The summed E-state index contributed by atoms with van der Waals surface area (Å²) in [6.45, 7) is 0. The lowest BCUT2D eigenvalue weighted by Gasteiger charge is -2.08. The number of carbonyl (C=O) groups is 1. The zero-order chi connectivity index (χ0) is 11.7. The average molecular weight is 220 g/mol. The summed E-state index contributed by atoms with van der Waals surface area (Å²) in [5.41, 5.74) is 0.810. The van der Waals surface area contributed by atoms with Crippen molar-refractivity contribution >= 4 is 16.6 Å². The van der Waals surface area contributed by atoms with Gasteiger partial charge in [-0.25, -0.2) is 0 Å². The van der Waals surface area contributed by atoms with Crippen LogP contribution in [0.5, 0.6) is 0 Å². The van der Waals surface area contributed by atoms with Crippen LogP contribution in [0.2, 0.25) is 0 Å². The molecule has 0 bridgehead atoms. The van der Waals surface area contributed by atoms with E-state index in [9.17, 15) is 4.79 Å². The molecule has 0 saturated heterocycles. The molecule has 0 unspecified atom stereocenters. The van der Waals surface area contributed by atoms with Gasteiger partial charge in [-0.2, -0.15) is 0 Å². The zero-order valence-electron chi connectivity index (χ0n) is 9.34. The minimum Gasteiger partial charge on any atom is -0.293 e. The van der Waals surface area contributed by atoms with Crippen molar-refractivity contribution in [1.82, 2.24) is 0 Å². The highest BCUT2D eigenvalue weighted by molar-refractivity contribution is 6.10. The molecule has 82 valence electrons. The van der Waals surface area contributed by atoms with Gasteiger partial charge in [-0.1, -0.05) is 66.8 Å². The Hall–Kier alpha value is -2.15. The Kier molecular flexibility index (Phi) is 2.37. The number of Topliss-reactive ketones (excluding diaryl/α,β-unsaturated/α-hetero) is 1. The Morgan fingerprint density at radius 3 is 2.41 bits per heavy atom. The third kappa shape index (κ3) is 1.70. The van der Waals surface area contributed by atoms with Crippen LogP contribution in [0.25, 0.3) is 10.8 Å². The van der Waals surface area contributed by atoms with E-state index in [2.05, 4.69) is 0 Å². The summed E-state index contributed by atoms with van der Waals surface area (Å²) in [6.07, 6.45) is 7.72. The molecule has 0 heterocycles. The molecule has 0 amide bonds. The molecule has 0 saturated carbocycles. The van der Waals surface area contributed by atoms with Crippen LogP contribution >= 0.6 is 0 Å². The number of carbonyl (C=O) groups excluding carboxylic acids is 1. The summed E-state index contributed by atoms with van der Waals surface area (Å²) >= 11 is 0. The van der Waals surface area contributed by atoms with E-state index in [4.69, 9.17) is 0 Å². The lowest BCUT2D eigenvalue weighted by atomic mass is 9.94. The summed E-state index contributed by atoms with van der Waals surface area (Å²) in [5, 5.41) is 2.15. The van der Waals surface area contributed by atoms with Crippen LogP contribution in [0.4, 0.5) is 0 Å². The molecule has 0 fully saturated rings. The molecule has 0 aliphatic heterocycles. The Balaban J connectivity index is 2.14. The first-order valence-electron chi connectivity index (χ1n) is 5.73. The van der Waals surface area contributed by atoms with Crippen molar-refractivity contribution in [1.29, 1.82) is 0 Å². The highest BCUT2D eigenvalue weighted by atomic mass is 16.1. The van der Waals surface area contributed by atoms with E-state index in [1.807, 2.05) is 66.8 Å². The lowest BCUT2D eigenvalue weighted by Crippen LogP contribution is -2.09. The maximum absolute atomic E-state index is 12.4. The van der Waals surface area contributed by atoms with E-state index >= 15 is 0 Å². The van der Waals surface area contributed by atoms with Gasteiger partial charge in [0.25, 0.3) is 0 Å². The van der Waals surface area contributed by atoms with Crippen LogP contribution in [-0.2, 0) is 0 Å². The quantitative estimate of drug-likeness (QED) is 0.704. The van der Waals surface area contributed by atoms with Gasteiger partial charge in [-0.05, 0) is 10.8 Å². The third-order valence-electron chi connectivity index (χ3n) is 3.11. The van der Waals surface area contributed by atoms with Gasteiger partial charge in [0.15, 0.2) is 5.78 Å². The maximum Gasteiger partial charge on any atom is 0.174 e. The second kappa shape index (κ2) is 4.02. The Labute approximate surface area is 100 Å². The molecule has 0 spiro atoms. The van der Waals surface area contributed by atoms with Gasteiger partial charge in [0.05, 0.1) is 5.92 Å². The SMILES string of the molecule is O=C(c1cccc2ccccc12)C1C=CC=C1. The molecule has 0 atom stereocenters. The van der Waals surface area contributed by atoms with Crippen LogP contribution in [-0.4, -0.2) is 5.78 Å². The van der Waals surface area contributed by atoms with Crippen LogP contribution < -0.4 is 0 Å². The molecule has 0 radical (unpaired) electrons. The Morgan fingerprint density at radius 1 is 0.882 bits per heavy atom. The number of benzene rings is 2. The third-order valence-corrected chi connectivity index (χ3v) is 3.11. The summed E-state index contributed by atoms with van der Waals surface area (Å²) in [6, 6.07) is 13.9. The molecular weight excluding hydrogens is 208 g/mol. The Morgan fingerprint density at radius 2 is 1.59 bits per heavy atom. The molecule has 2 aromatic carbocycles. The van der Waals surface area contributed by atoms with E-state index in [0.717, 1.165) is 16.3 Å². The molecule has 1 aliphatic rings. The van der Waals surface area contributed by atoms with Gasteiger partial charge < -0.3 is 0 Å². The molecule has 17 heavy (non-hydrogen) atoms. The summed E-state index contributed by atoms with van der Waals surface area (Å²) in [5.74, 6) is 0.0765. The molecule has 0 N–H and O–H groups in total. The van der Waals surface area contributed by atoms with Gasteiger partial charge in [-0.15, -0.1) is 0 Å². The average Bonchev–Trinajstić information content (AvgIpc) is 2.91. The fourth-order valence-corrected chi connectivity index (χ4v) is 2.23.